The highest BCUT2D eigenvalue weighted by Crippen LogP contribution is 2.26. The Kier molecular flexibility index (Phi) is 5.40. The van der Waals surface area contributed by atoms with Gasteiger partial charge in [0.2, 0.25) is 5.91 Å². The Morgan fingerprint density at radius 3 is 2.87 bits per heavy atom. The van der Waals surface area contributed by atoms with Crippen molar-refractivity contribution in [1.29, 1.82) is 0 Å². The van der Waals surface area contributed by atoms with Crippen molar-refractivity contribution >= 4 is 28.7 Å². The number of nitrogens with one attached hydrogen (secondary N) is 2. The Hall–Kier alpha value is -1.90. The molecule has 0 fully saturated rings. The summed E-state index contributed by atoms with van der Waals surface area (Å²) in [6, 6.07) is 5.33. The van der Waals surface area contributed by atoms with Gasteiger partial charge in [-0.05, 0) is 26.0 Å². The van der Waals surface area contributed by atoms with Crippen molar-refractivity contribution in [1.82, 2.24) is 15.3 Å². The summed E-state index contributed by atoms with van der Waals surface area (Å²) in [5.41, 5.74) is 1.43. The monoisotopic (exact) mass is 347 g/mol. The minimum Gasteiger partial charge on any atom is -0.494 e. The van der Waals surface area contributed by atoms with Crippen molar-refractivity contribution in [3.8, 4) is 5.75 Å². The summed E-state index contributed by atoms with van der Waals surface area (Å²) in [5.74, 6) is -0.000967. The maximum Gasteiger partial charge on any atom is 0.405 e. The quantitative estimate of drug-likeness (QED) is 0.788. The van der Waals surface area contributed by atoms with Gasteiger partial charge >= 0.3 is 6.18 Å². The molecule has 2 rings (SSSR count). The fourth-order valence-electron chi connectivity index (χ4n) is 1.83. The standard InChI is InChI=1S/C14H16F3N3O2S/c1-3-22-9-4-5-10-11(6-9)20-13(19-10)23-8(2)12(21)18-7-14(15,16)17/h4-6,8H,3,7H2,1-2H3,(H,18,21)(H,19,20). The Balaban J connectivity index is 2.01. The fraction of sp³-hybridized carbons (Fsp3) is 0.429. The predicted octanol–water partition coefficient (Wildman–Crippen LogP) is 3.12. The number of benzene rings is 1. The number of imidazole rings is 1. The molecule has 0 bridgehead atoms. The van der Waals surface area contributed by atoms with Crippen molar-refractivity contribution < 1.29 is 22.7 Å². The number of carbonyl (C=O) groups is 1. The average Bonchev–Trinajstić information content (AvgIpc) is 2.85. The molecule has 1 aromatic carbocycles. The number of hydrogen-bond donors (Lipinski definition) is 2. The van der Waals surface area contributed by atoms with E-state index < -0.39 is 23.9 Å². The number of ether oxygens (including phenoxy) is 1. The third kappa shape index (κ3) is 5.05. The molecule has 0 aliphatic carbocycles. The zero-order valence-corrected chi connectivity index (χ0v) is 13.3. The van der Waals surface area contributed by atoms with Crippen molar-refractivity contribution in [2.75, 3.05) is 13.2 Å². The van der Waals surface area contributed by atoms with Gasteiger partial charge in [0.25, 0.3) is 0 Å². The first-order valence-corrected chi connectivity index (χ1v) is 7.80. The lowest BCUT2D eigenvalue weighted by Gasteiger charge is -2.12. The molecule has 1 heterocycles. The molecule has 126 valence electrons. The third-order valence-corrected chi connectivity index (χ3v) is 3.85. The molecule has 2 N–H and O–H groups in total. The van der Waals surface area contributed by atoms with Crippen LogP contribution in [0.25, 0.3) is 11.0 Å². The fourth-order valence-corrected chi connectivity index (χ4v) is 2.67. The molecule has 0 aliphatic heterocycles. The van der Waals surface area contributed by atoms with Gasteiger partial charge in [-0.1, -0.05) is 11.8 Å². The first-order chi connectivity index (χ1) is 10.8. The van der Waals surface area contributed by atoms with Gasteiger partial charge in [-0.3, -0.25) is 4.79 Å². The van der Waals surface area contributed by atoms with Crippen molar-refractivity contribution in [3.63, 3.8) is 0 Å². The molecule has 0 saturated heterocycles. The number of nitrogens with zero attached hydrogens (tertiary/aromatic N) is 1. The van der Waals surface area contributed by atoms with Gasteiger partial charge in [-0.15, -0.1) is 0 Å². The Labute approximate surface area is 135 Å². The Morgan fingerprint density at radius 2 is 2.22 bits per heavy atom. The molecule has 0 spiro atoms. The molecule has 0 aliphatic rings. The van der Waals surface area contributed by atoms with Crippen LogP contribution >= 0.6 is 11.8 Å². The minimum absolute atomic E-state index is 0.461. The van der Waals surface area contributed by atoms with Gasteiger partial charge in [0, 0.05) is 6.07 Å². The van der Waals surface area contributed by atoms with Gasteiger partial charge in [-0.2, -0.15) is 13.2 Å². The normalized spacial score (nSPS) is 13.1. The van der Waals surface area contributed by atoms with Crippen molar-refractivity contribution in [2.45, 2.75) is 30.4 Å². The molecule has 1 aromatic heterocycles. The highest BCUT2D eigenvalue weighted by atomic mass is 32.2. The summed E-state index contributed by atoms with van der Waals surface area (Å²) in [7, 11) is 0. The number of carbonyl (C=O) groups excluding carboxylic acids is 1. The number of thioether (sulfide) groups is 1. The largest absolute Gasteiger partial charge is 0.494 e. The van der Waals surface area contributed by atoms with E-state index in [9.17, 15) is 18.0 Å². The number of amides is 1. The van der Waals surface area contributed by atoms with Gasteiger partial charge < -0.3 is 15.0 Å². The van der Waals surface area contributed by atoms with E-state index in [-0.39, 0.29) is 0 Å². The molecule has 1 unspecified atom stereocenters. The molecule has 2 aromatic rings. The average molecular weight is 347 g/mol. The van der Waals surface area contributed by atoms with E-state index in [0.717, 1.165) is 17.3 Å². The van der Waals surface area contributed by atoms with E-state index in [1.54, 1.807) is 18.2 Å². The number of aromatic amines is 1. The van der Waals surface area contributed by atoms with E-state index in [4.69, 9.17) is 4.74 Å². The molecule has 1 amide bonds. The SMILES string of the molecule is CCOc1ccc2nc(SC(C)C(=O)NCC(F)(F)F)[nH]c2c1. The van der Waals surface area contributed by atoms with Crippen LogP contribution in [0.2, 0.25) is 0 Å². The van der Waals surface area contributed by atoms with E-state index in [1.165, 1.54) is 6.92 Å². The molecule has 5 nitrogen and oxygen atoms in total. The molecular weight excluding hydrogens is 331 g/mol. The summed E-state index contributed by atoms with van der Waals surface area (Å²) in [6.07, 6.45) is -4.42. The summed E-state index contributed by atoms with van der Waals surface area (Å²) in [4.78, 5) is 19.0. The lowest BCUT2D eigenvalue weighted by Crippen LogP contribution is -2.38. The lowest BCUT2D eigenvalue weighted by molar-refractivity contribution is -0.137. The summed E-state index contributed by atoms with van der Waals surface area (Å²) < 4.78 is 41.7. The zero-order chi connectivity index (χ0) is 17.0. The first-order valence-electron chi connectivity index (χ1n) is 6.92. The van der Waals surface area contributed by atoms with E-state index in [2.05, 4.69) is 9.97 Å². The molecule has 23 heavy (non-hydrogen) atoms. The topological polar surface area (TPSA) is 67.0 Å². The van der Waals surface area contributed by atoms with Crippen molar-refractivity contribution in [3.05, 3.63) is 18.2 Å². The summed E-state index contributed by atoms with van der Waals surface area (Å²) in [5, 5.41) is 1.61. The maximum absolute atomic E-state index is 12.1. The number of rotatable bonds is 6. The van der Waals surface area contributed by atoms with Crippen LogP contribution in [0.4, 0.5) is 13.2 Å². The highest BCUT2D eigenvalue weighted by Gasteiger charge is 2.29. The first kappa shape index (κ1) is 17.5. The second-order valence-corrected chi connectivity index (χ2v) is 6.08. The van der Waals surface area contributed by atoms with Crippen LogP contribution in [0.15, 0.2) is 23.4 Å². The smallest absolute Gasteiger partial charge is 0.405 e. The van der Waals surface area contributed by atoms with E-state index >= 15 is 0 Å². The van der Waals surface area contributed by atoms with Crippen LogP contribution in [0.3, 0.4) is 0 Å². The second kappa shape index (κ2) is 7.12. The van der Waals surface area contributed by atoms with Crippen LogP contribution < -0.4 is 10.1 Å². The zero-order valence-electron chi connectivity index (χ0n) is 12.5. The Morgan fingerprint density at radius 1 is 1.48 bits per heavy atom. The van der Waals surface area contributed by atoms with Crippen molar-refractivity contribution in [2.24, 2.45) is 0 Å². The number of aromatic nitrogens is 2. The summed E-state index contributed by atoms with van der Waals surface area (Å²) in [6.45, 7) is 2.60. The van der Waals surface area contributed by atoms with Crippen LogP contribution in [0, 0.1) is 0 Å². The number of alkyl halides is 3. The molecular formula is C14H16F3N3O2S. The van der Waals surface area contributed by atoms with Crippen LogP contribution in [-0.4, -0.2) is 40.5 Å². The summed E-state index contributed by atoms with van der Waals surface area (Å²) >= 11 is 1.06. The molecule has 0 radical (unpaired) electrons. The van der Waals surface area contributed by atoms with Gasteiger partial charge in [0.1, 0.15) is 12.3 Å². The number of H-pyrrole nitrogens is 1. The minimum atomic E-state index is -4.42. The second-order valence-electron chi connectivity index (χ2n) is 4.75. The molecule has 9 heteroatoms. The third-order valence-electron chi connectivity index (χ3n) is 2.86. The van der Waals surface area contributed by atoms with Gasteiger partial charge in [0.15, 0.2) is 5.16 Å². The lowest BCUT2D eigenvalue weighted by atomic mass is 10.3. The van der Waals surface area contributed by atoms with Crippen LogP contribution in [0.5, 0.6) is 5.75 Å². The van der Waals surface area contributed by atoms with Crippen LogP contribution in [0.1, 0.15) is 13.8 Å². The highest BCUT2D eigenvalue weighted by molar-refractivity contribution is 8.00. The number of halogens is 3. The molecule has 0 saturated carbocycles. The Bertz CT molecular complexity index is 687. The predicted molar refractivity (Wildman–Crippen MR) is 81.6 cm³/mol. The van der Waals surface area contributed by atoms with E-state index in [0.29, 0.717) is 23.0 Å². The number of fused-ring (bicyclic) bond motifs is 1. The van der Waals surface area contributed by atoms with Gasteiger partial charge in [-0.25, -0.2) is 4.98 Å². The van der Waals surface area contributed by atoms with Crippen LogP contribution in [-0.2, 0) is 4.79 Å². The van der Waals surface area contributed by atoms with Gasteiger partial charge in [0.05, 0.1) is 22.9 Å². The maximum atomic E-state index is 12.1. The van der Waals surface area contributed by atoms with E-state index in [1.807, 2.05) is 12.2 Å². The molecule has 1 atom stereocenters. The number of hydrogen-bond acceptors (Lipinski definition) is 4.